The fourth-order valence-corrected chi connectivity index (χ4v) is 3.87. The van der Waals surface area contributed by atoms with Crippen molar-refractivity contribution in [1.82, 2.24) is 9.80 Å². The molecule has 1 aliphatic rings. The number of hydrogen-bond acceptors (Lipinski definition) is 4. The van der Waals surface area contributed by atoms with E-state index >= 15 is 0 Å². The average Bonchev–Trinajstić information content (AvgIpc) is 2.59. The highest BCUT2D eigenvalue weighted by Crippen LogP contribution is 2.25. The molecule has 1 fully saturated rings. The van der Waals surface area contributed by atoms with Gasteiger partial charge in [-0.3, -0.25) is 9.69 Å². The molecule has 0 spiro atoms. The van der Waals surface area contributed by atoms with E-state index in [0.717, 1.165) is 5.56 Å². The number of carbonyl (C=O) groups is 2. The molecule has 0 aliphatic carbocycles. The van der Waals surface area contributed by atoms with Crippen molar-refractivity contribution in [2.24, 2.45) is 5.92 Å². The minimum atomic E-state index is -0.858. The Bertz CT molecular complexity index is 595. The monoisotopic (exact) mass is 362 g/mol. The van der Waals surface area contributed by atoms with Gasteiger partial charge in [-0.25, -0.2) is 4.79 Å². The molecule has 1 aromatic carbocycles. The summed E-state index contributed by atoms with van der Waals surface area (Å²) in [7, 11) is 0. The van der Waals surface area contributed by atoms with Crippen LogP contribution in [0.2, 0.25) is 0 Å². The number of piperidine rings is 1. The second-order valence-electron chi connectivity index (χ2n) is 7.50. The van der Waals surface area contributed by atoms with E-state index in [2.05, 4.69) is 32.6 Å². The highest BCUT2D eigenvalue weighted by atomic mass is 16.6. The lowest BCUT2D eigenvalue weighted by Gasteiger charge is -2.44. The first-order valence-corrected chi connectivity index (χ1v) is 9.25. The summed E-state index contributed by atoms with van der Waals surface area (Å²) in [5.41, 5.74) is 0.912. The van der Waals surface area contributed by atoms with Crippen LogP contribution in [0.1, 0.15) is 39.7 Å². The summed E-state index contributed by atoms with van der Waals surface area (Å²) in [5, 5.41) is 9.53. The molecule has 144 valence electrons. The maximum atomic E-state index is 12.5. The summed E-state index contributed by atoms with van der Waals surface area (Å²) < 4.78 is 5.42. The summed E-state index contributed by atoms with van der Waals surface area (Å²) in [6.45, 7) is 9.28. The Labute approximate surface area is 155 Å². The van der Waals surface area contributed by atoms with Crippen LogP contribution in [0.4, 0.5) is 4.79 Å². The Morgan fingerprint density at radius 2 is 1.77 bits per heavy atom. The van der Waals surface area contributed by atoms with Crippen LogP contribution in [0.3, 0.4) is 0 Å². The van der Waals surface area contributed by atoms with E-state index in [1.54, 1.807) is 4.90 Å². The van der Waals surface area contributed by atoms with Crippen molar-refractivity contribution in [2.45, 2.75) is 58.8 Å². The smallest absolute Gasteiger partial charge is 0.410 e. The third-order valence-electron chi connectivity index (χ3n) is 4.86. The number of aliphatic carboxylic acids is 1. The summed E-state index contributed by atoms with van der Waals surface area (Å²) in [6, 6.07) is 10.0. The molecule has 1 heterocycles. The zero-order chi connectivity index (χ0) is 19.3. The molecule has 6 nitrogen and oxygen atoms in total. The molecule has 6 heteroatoms. The molecule has 0 radical (unpaired) electrons. The summed E-state index contributed by atoms with van der Waals surface area (Å²) in [5.74, 6) is -1.43. The first-order chi connectivity index (χ1) is 12.3. The van der Waals surface area contributed by atoms with Crippen molar-refractivity contribution < 1.29 is 19.4 Å². The zero-order valence-electron chi connectivity index (χ0n) is 16.1. The van der Waals surface area contributed by atoms with E-state index in [4.69, 9.17) is 4.74 Å². The van der Waals surface area contributed by atoms with E-state index in [1.165, 1.54) is 0 Å². The second-order valence-corrected chi connectivity index (χ2v) is 7.50. The number of carboxylic acid groups (broad SMARTS) is 1. The molecule has 2 rings (SSSR count). The van der Waals surface area contributed by atoms with E-state index in [0.29, 0.717) is 13.0 Å². The summed E-state index contributed by atoms with van der Waals surface area (Å²) in [6.07, 6.45) is 0.103. The van der Waals surface area contributed by atoms with Gasteiger partial charge in [-0.15, -0.1) is 0 Å². The number of nitrogens with zero attached hydrogens (tertiary/aromatic N) is 2. The maximum absolute atomic E-state index is 12.5. The zero-order valence-corrected chi connectivity index (χ0v) is 16.1. The Hall–Kier alpha value is -2.08. The van der Waals surface area contributed by atoms with Crippen molar-refractivity contribution in [3.05, 3.63) is 35.9 Å². The fraction of sp³-hybridized carbons (Fsp3) is 0.600. The molecule has 1 N–H and O–H groups in total. The van der Waals surface area contributed by atoms with Crippen molar-refractivity contribution in [1.29, 1.82) is 0 Å². The van der Waals surface area contributed by atoms with Crippen LogP contribution in [0, 0.1) is 5.92 Å². The number of benzene rings is 1. The van der Waals surface area contributed by atoms with Crippen LogP contribution < -0.4 is 0 Å². The van der Waals surface area contributed by atoms with Gasteiger partial charge in [-0.1, -0.05) is 30.3 Å². The third kappa shape index (κ3) is 5.21. The predicted molar refractivity (Wildman–Crippen MR) is 99.8 cm³/mol. The number of hydrogen-bond donors (Lipinski definition) is 1. The van der Waals surface area contributed by atoms with E-state index < -0.39 is 18.0 Å². The van der Waals surface area contributed by atoms with Crippen LogP contribution >= 0.6 is 0 Å². The van der Waals surface area contributed by atoms with Gasteiger partial charge < -0.3 is 14.7 Å². The Morgan fingerprint density at radius 1 is 1.15 bits per heavy atom. The van der Waals surface area contributed by atoms with Gasteiger partial charge in [0.2, 0.25) is 0 Å². The van der Waals surface area contributed by atoms with E-state index in [9.17, 15) is 14.7 Å². The largest absolute Gasteiger partial charge is 0.481 e. The van der Waals surface area contributed by atoms with Crippen molar-refractivity contribution in [3.63, 3.8) is 0 Å². The average molecular weight is 362 g/mol. The quantitative estimate of drug-likeness (QED) is 0.841. The molecule has 1 saturated heterocycles. The lowest BCUT2D eigenvalue weighted by molar-refractivity contribution is -0.144. The molecule has 0 bridgehead atoms. The van der Waals surface area contributed by atoms with Gasteiger partial charge in [-0.2, -0.15) is 0 Å². The van der Waals surface area contributed by atoms with Crippen LogP contribution in [0.25, 0.3) is 0 Å². The first kappa shape index (κ1) is 20.2. The molecule has 26 heavy (non-hydrogen) atoms. The van der Waals surface area contributed by atoms with E-state index in [1.807, 2.05) is 30.3 Å². The number of rotatable bonds is 6. The third-order valence-corrected chi connectivity index (χ3v) is 4.86. The standard InChI is InChI=1S/C20H30N2O4/c1-14(2)22(15(3)4)18-10-17(19(23)24)11-21(12-18)20(25)26-13-16-8-6-5-7-9-16/h5-9,14-15,17-18H,10-13H2,1-4H3,(H,23,24)/t17-,18-/m1/s1. The highest BCUT2D eigenvalue weighted by molar-refractivity contribution is 5.73. The molecule has 1 aromatic rings. The minimum absolute atomic E-state index is 0.00845. The molecule has 1 aliphatic heterocycles. The van der Waals surface area contributed by atoms with Gasteiger partial charge in [0.1, 0.15) is 6.61 Å². The number of likely N-dealkylation sites (tertiary alicyclic amines) is 1. The Kier molecular flexibility index (Phi) is 7.03. The molecule has 0 aromatic heterocycles. The van der Waals surface area contributed by atoms with Crippen LogP contribution in [-0.2, 0) is 16.1 Å². The summed E-state index contributed by atoms with van der Waals surface area (Å²) >= 11 is 0. The number of ether oxygens (including phenoxy) is 1. The van der Waals surface area contributed by atoms with Crippen molar-refractivity contribution in [3.8, 4) is 0 Å². The minimum Gasteiger partial charge on any atom is -0.481 e. The lowest BCUT2D eigenvalue weighted by atomic mass is 9.92. The topological polar surface area (TPSA) is 70.1 Å². The molecular weight excluding hydrogens is 332 g/mol. The van der Waals surface area contributed by atoms with Gasteiger partial charge in [-0.05, 0) is 39.7 Å². The van der Waals surface area contributed by atoms with Crippen LogP contribution in [0.5, 0.6) is 0 Å². The molecular formula is C20H30N2O4. The predicted octanol–water partition coefficient (Wildman–Crippen LogP) is 3.22. The number of carbonyl (C=O) groups excluding carboxylic acids is 1. The lowest BCUT2D eigenvalue weighted by Crippen LogP contribution is -2.57. The number of carboxylic acids is 1. The Balaban J connectivity index is 2.08. The number of amides is 1. The van der Waals surface area contributed by atoms with Gasteiger partial charge in [0.05, 0.1) is 5.92 Å². The maximum Gasteiger partial charge on any atom is 0.410 e. The van der Waals surface area contributed by atoms with Crippen LogP contribution in [0.15, 0.2) is 30.3 Å². The van der Waals surface area contributed by atoms with Gasteiger partial charge >= 0.3 is 12.1 Å². The normalized spacial score (nSPS) is 20.7. The molecule has 1 amide bonds. The second kappa shape index (κ2) is 9.03. The molecule has 2 atom stereocenters. The highest BCUT2D eigenvalue weighted by Gasteiger charge is 2.38. The van der Waals surface area contributed by atoms with E-state index in [-0.39, 0.29) is 31.3 Å². The molecule has 0 unspecified atom stereocenters. The summed E-state index contributed by atoms with van der Waals surface area (Å²) in [4.78, 5) is 28.0. The van der Waals surface area contributed by atoms with Crippen molar-refractivity contribution in [2.75, 3.05) is 13.1 Å². The first-order valence-electron chi connectivity index (χ1n) is 9.25. The van der Waals surface area contributed by atoms with Gasteiger partial charge in [0, 0.05) is 31.2 Å². The van der Waals surface area contributed by atoms with Gasteiger partial charge in [0.25, 0.3) is 0 Å². The fourth-order valence-electron chi connectivity index (χ4n) is 3.87. The Morgan fingerprint density at radius 3 is 2.31 bits per heavy atom. The van der Waals surface area contributed by atoms with Crippen LogP contribution in [-0.4, -0.2) is 58.2 Å². The van der Waals surface area contributed by atoms with Gasteiger partial charge in [0.15, 0.2) is 0 Å². The molecule has 0 saturated carbocycles. The van der Waals surface area contributed by atoms with Crippen molar-refractivity contribution >= 4 is 12.1 Å². The SMILES string of the molecule is CC(C)N(C(C)C)[C@@H]1C[C@@H](C(=O)O)CN(C(=O)OCc2ccccc2)C1.